The minimum Gasteiger partial charge on any atom is -0.486 e. The summed E-state index contributed by atoms with van der Waals surface area (Å²) in [6, 6.07) is 6.40. The van der Waals surface area contributed by atoms with Crippen molar-refractivity contribution in [3.05, 3.63) is 30.1 Å². The average Bonchev–Trinajstić information content (AvgIpc) is 2.48. The van der Waals surface area contributed by atoms with Crippen molar-refractivity contribution in [2.24, 2.45) is 4.99 Å². The normalized spacial score (nSPS) is 13.6. The highest BCUT2D eigenvalue weighted by Crippen LogP contribution is 2.16. The maximum absolute atomic E-state index is 13.5. The van der Waals surface area contributed by atoms with Crippen LogP contribution in [0, 0.1) is 5.82 Å². The van der Waals surface area contributed by atoms with E-state index in [2.05, 4.69) is 41.7 Å². The van der Waals surface area contributed by atoms with E-state index < -0.39 is 0 Å². The third-order valence-electron chi connectivity index (χ3n) is 3.02. The molecule has 1 rings (SSSR count). The molecule has 0 aliphatic carbocycles. The number of nitrogens with zero attached hydrogens (tertiary/aromatic N) is 1. The SMILES string of the molecule is CN=C(NCCNC(C)(C)C)NCC(C)Oc1ccccc1F. The van der Waals surface area contributed by atoms with Gasteiger partial charge in [0, 0.05) is 25.7 Å². The van der Waals surface area contributed by atoms with Crippen molar-refractivity contribution in [1.29, 1.82) is 0 Å². The summed E-state index contributed by atoms with van der Waals surface area (Å²) in [6.45, 7) is 10.4. The predicted molar refractivity (Wildman–Crippen MR) is 93.6 cm³/mol. The Kier molecular flexibility index (Phi) is 7.81. The van der Waals surface area contributed by atoms with Gasteiger partial charge in [0.15, 0.2) is 17.5 Å². The van der Waals surface area contributed by atoms with Gasteiger partial charge in [0.05, 0.1) is 6.54 Å². The van der Waals surface area contributed by atoms with Crippen LogP contribution in [0.15, 0.2) is 29.3 Å². The molecule has 0 saturated carbocycles. The number of hydrogen-bond donors (Lipinski definition) is 3. The number of rotatable bonds is 7. The van der Waals surface area contributed by atoms with E-state index in [0.717, 1.165) is 13.1 Å². The van der Waals surface area contributed by atoms with Gasteiger partial charge in [0.2, 0.25) is 0 Å². The summed E-state index contributed by atoms with van der Waals surface area (Å²) in [5.74, 6) is 0.610. The van der Waals surface area contributed by atoms with Crippen LogP contribution < -0.4 is 20.7 Å². The van der Waals surface area contributed by atoms with E-state index in [-0.39, 0.29) is 23.2 Å². The summed E-state index contributed by atoms with van der Waals surface area (Å²) >= 11 is 0. The van der Waals surface area contributed by atoms with E-state index in [0.29, 0.717) is 12.5 Å². The van der Waals surface area contributed by atoms with E-state index in [9.17, 15) is 4.39 Å². The molecule has 130 valence electrons. The third-order valence-corrected chi connectivity index (χ3v) is 3.02. The fourth-order valence-corrected chi connectivity index (χ4v) is 1.88. The molecule has 0 heterocycles. The molecule has 6 heteroatoms. The number of para-hydroxylation sites is 1. The van der Waals surface area contributed by atoms with Gasteiger partial charge in [0.25, 0.3) is 0 Å². The second kappa shape index (κ2) is 9.35. The van der Waals surface area contributed by atoms with Gasteiger partial charge in [-0.05, 0) is 39.8 Å². The van der Waals surface area contributed by atoms with Gasteiger partial charge in [-0.25, -0.2) is 4.39 Å². The molecule has 0 aromatic heterocycles. The molecule has 0 aliphatic rings. The zero-order valence-electron chi connectivity index (χ0n) is 14.7. The largest absolute Gasteiger partial charge is 0.486 e. The summed E-state index contributed by atoms with van der Waals surface area (Å²) < 4.78 is 19.1. The second-order valence-corrected chi connectivity index (χ2v) is 6.42. The van der Waals surface area contributed by atoms with Gasteiger partial charge in [-0.1, -0.05) is 12.1 Å². The molecule has 0 amide bonds. The van der Waals surface area contributed by atoms with Gasteiger partial charge < -0.3 is 20.7 Å². The van der Waals surface area contributed by atoms with Crippen molar-refractivity contribution in [2.75, 3.05) is 26.7 Å². The molecule has 0 radical (unpaired) electrons. The van der Waals surface area contributed by atoms with Crippen LogP contribution in [0.5, 0.6) is 5.75 Å². The Balaban J connectivity index is 2.30. The lowest BCUT2D eigenvalue weighted by molar-refractivity contribution is 0.214. The lowest BCUT2D eigenvalue weighted by atomic mass is 10.1. The summed E-state index contributed by atoms with van der Waals surface area (Å²) in [5, 5.41) is 9.78. The van der Waals surface area contributed by atoms with E-state index in [1.54, 1.807) is 25.2 Å². The molecule has 23 heavy (non-hydrogen) atoms. The predicted octanol–water partition coefficient (Wildman–Crippen LogP) is 2.15. The van der Waals surface area contributed by atoms with Crippen LogP contribution in [-0.4, -0.2) is 44.3 Å². The molecular weight excluding hydrogens is 295 g/mol. The topological polar surface area (TPSA) is 57.7 Å². The van der Waals surface area contributed by atoms with Crippen LogP contribution in [0.3, 0.4) is 0 Å². The van der Waals surface area contributed by atoms with Crippen molar-refractivity contribution < 1.29 is 9.13 Å². The van der Waals surface area contributed by atoms with E-state index in [1.807, 2.05) is 6.92 Å². The first kappa shape index (κ1) is 19.2. The Morgan fingerprint density at radius 3 is 2.52 bits per heavy atom. The maximum Gasteiger partial charge on any atom is 0.191 e. The molecule has 1 aromatic carbocycles. The summed E-state index contributed by atoms with van der Waals surface area (Å²) in [6.07, 6.45) is -0.182. The highest BCUT2D eigenvalue weighted by molar-refractivity contribution is 5.79. The molecule has 1 atom stereocenters. The van der Waals surface area contributed by atoms with Crippen LogP contribution in [-0.2, 0) is 0 Å². The van der Waals surface area contributed by atoms with Crippen molar-refractivity contribution >= 4 is 5.96 Å². The van der Waals surface area contributed by atoms with Crippen molar-refractivity contribution in [3.8, 4) is 5.75 Å². The smallest absolute Gasteiger partial charge is 0.191 e. The first-order chi connectivity index (χ1) is 10.8. The van der Waals surface area contributed by atoms with Crippen LogP contribution in [0.4, 0.5) is 4.39 Å². The van der Waals surface area contributed by atoms with Gasteiger partial charge in [-0.2, -0.15) is 0 Å². The summed E-state index contributed by atoms with van der Waals surface area (Å²) in [4.78, 5) is 4.16. The van der Waals surface area contributed by atoms with Gasteiger partial charge >= 0.3 is 0 Å². The van der Waals surface area contributed by atoms with Crippen molar-refractivity contribution in [3.63, 3.8) is 0 Å². The number of hydrogen-bond acceptors (Lipinski definition) is 3. The molecular formula is C17H29FN4O. The molecule has 0 bridgehead atoms. The van der Waals surface area contributed by atoms with Gasteiger partial charge in [-0.15, -0.1) is 0 Å². The number of ether oxygens (including phenoxy) is 1. The number of halogens is 1. The summed E-state index contributed by atoms with van der Waals surface area (Å²) in [5.41, 5.74) is 0.0980. The van der Waals surface area contributed by atoms with Crippen LogP contribution in [0.25, 0.3) is 0 Å². The van der Waals surface area contributed by atoms with Gasteiger partial charge in [0.1, 0.15) is 6.10 Å². The lowest BCUT2D eigenvalue weighted by Gasteiger charge is -2.21. The molecule has 0 saturated heterocycles. The quantitative estimate of drug-likeness (QED) is 0.409. The van der Waals surface area contributed by atoms with E-state index in [4.69, 9.17) is 4.74 Å². The highest BCUT2D eigenvalue weighted by atomic mass is 19.1. The second-order valence-electron chi connectivity index (χ2n) is 6.42. The molecule has 0 fully saturated rings. The molecule has 1 unspecified atom stereocenters. The highest BCUT2D eigenvalue weighted by Gasteiger charge is 2.10. The Morgan fingerprint density at radius 2 is 1.91 bits per heavy atom. The Labute approximate surface area is 138 Å². The first-order valence-corrected chi connectivity index (χ1v) is 7.92. The van der Waals surface area contributed by atoms with Crippen molar-refractivity contribution in [2.45, 2.75) is 39.3 Å². The number of guanidine groups is 1. The molecule has 5 nitrogen and oxygen atoms in total. The number of aliphatic imine (C=N–C) groups is 1. The first-order valence-electron chi connectivity index (χ1n) is 7.92. The zero-order chi connectivity index (χ0) is 17.3. The zero-order valence-corrected chi connectivity index (χ0v) is 14.7. The fraction of sp³-hybridized carbons (Fsp3) is 0.588. The third kappa shape index (κ3) is 8.40. The molecule has 0 spiro atoms. The summed E-state index contributed by atoms with van der Waals surface area (Å²) in [7, 11) is 1.72. The Hall–Kier alpha value is -1.82. The molecule has 1 aromatic rings. The standard InChI is InChI=1S/C17H29FN4O/c1-13(23-15-9-7-6-8-14(15)18)12-21-16(19-5)20-10-11-22-17(2,3)4/h6-9,13,22H,10-12H2,1-5H3,(H2,19,20,21). The van der Waals surface area contributed by atoms with Crippen LogP contribution in [0.2, 0.25) is 0 Å². The molecule has 0 aliphatic heterocycles. The van der Waals surface area contributed by atoms with Crippen molar-refractivity contribution in [1.82, 2.24) is 16.0 Å². The van der Waals surface area contributed by atoms with Crippen LogP contribution in [0.1, 0.15) is 27.7 Å². The monoisotopic (exact) mass is 324 g/mol. The van der Waals surface area contributed by atoms with Crippen LogP contribution >= 0.6 is 0 Å². The number of nitrogens with one attached hydrogen (secondary N) is 3. The fourth-order valence-electron chi connectivity index (χ4n) is 1.88. The lowest BCUT2D eigenvalue weighted by Crippen LogP contribution is -2.46. The van der Waals surface area contributed by atoms with Gasteiger partial charge in [-0.3, -0.25) is 4.99 Å². The Bertz CT molecular complexity index is 500. The van der Waals surface area contributed by atoms with E-state index >= 15 is 0 Å². The minimum atomic E-state index is -0.352. The average molecular weight is 324 g/mol. The number of benzene rings is 1. The minimum absolute atomic E-state index is 0.0980. The van der Waals surface area contributed by atoms with E-state index in [1.165, 1.54) is 6.07 Å². The maximum atomic E-state index is 13.5. The Morgan fingerprint density at radius 1 is 1.22 bits per heavy atom. The molecule has 3 N–H and O–H groups in total.